The van der Waals surface area contributed by atoms with Crippen molar-refractivity contribution in [1.82, 2.24) is 29.7 Å². The van der Waals surface area contributed by atoms with Crippen LogP contribution in [0.3, 0.4) is 0 Å². The zero-order valence-corrected chi connectivity index (χ0v) is 13.7. The molecular formula is C15H22N6O2. The molecule has 2 heterocycles. The van der Waals surface area contributed by atoms with Crippen LogP contribution in [0.25, 0.3) is 0 Å². The number of likely N-dealkylation sites (N-methyl/N-ethyl adjacent to an activating group) is 1. The fourth-order valence-corrected chi connectivity index (χ4v) is 2.18. The van der Waals surface area contributed by atoms with Crippen LogP contribution >= 0.6 is 0 Å². The predicted octanol–water partition coefficient (Wildman–Crippen LogP) is 0.467. The van der Waals surface area contributed by atoms with Crippen molar-refractivity contribution in [2.24, 2.45) is 0 Å². The van der Waals surface area contributed by atoms with Gasteiger partial charge in [-0.05, 0) is 13.8 Å². The SMILES string of the molecule is Cc1cc(=O)[nH]c(CCNC(=O)N(C)CCn2ccnc2C)n1. The summed E-state index contributed by atoms with van der Waals surface area (Å²) in [5.74, 6) is 1.50. The van der Waals surface area contributed by atoms with Gasteiger partial charge in [0.05, 0.1) is 0 Å². The molecule has 0 saturated heterocycles. The van der Waals surface area contributed by atoms with E-state index in [0.29, 0.717) is 37.6 Å². The van der Waals surface area contributed by atoms with Crippen LogP contribution in [0.2, 0.25) is 0 Å². The van der Waals surface area contributed by atoms with Gasteiger partial charge in [-0.15, -0.1) is 0 Å². The monoisotopic (exact) mass is 318 g/mol. The number of carbonyl (C=O) groups excluding carboxylic acids is 1. The van der Waals surface area contributed by atoms with Gasteiger partial charge < -0.3 is 19.8 Å². The maximum atomic E-state index is 12.0. The van der Waals surface area contributed by atoms with Crippen molar-refractivity contribution in [2.45, 2.75) is 26.8 Å². The van der Waals surface area contributed by atoms with E-state index in [1.165, 1.54) is 6.07 Å². The summed E-state index contributed by atoms with van der Waals surface area (Å²) in [5, 5.41) is 2.81. The maximum absolute atomic E-state index is 12.0. The third kappa shape index (κ3) is 4.94. The lowest BCUT2D eigenvalue weighted by Gasteiger charge is -2.18. The summed E-state index contributed by atoms with van der Waals surface area (Å²) in [6.45, 7) is 5.39. The first-order chi connectivity index (χ1) is 11.0. The van der Waals surface area contributed by atoms with Gasteiger partial charge in [0.1, 0.15) is 11.6 Å². The molecule has 8 heteroatoms. The lowest BCUT2D eigenvalue weighted by molar-refractivity contribution is 0.207. The van der Waals surface area contributed by atoms with Crippen molar-refractivity contribution < 1.29 is 4.79 Å². The number of nitrogens with one attached hydrogen (secondary N) is 2. The number of aryl methyl sites for hydroxylation is 2. The second-order valence-corrected chi connectivity index (χ2v) is 5.40. The van der Waals surface area contributed by atoms with E-state index in [1.807, 2.05) is 17.7 Å². The zero-order valence-electron chi connectivity index (χ0n) is 13.7. The Bertz CT molecular complexity index is 721. The molecule has 0 unspecified atom stereocenters. The van der Waals surface area contributed by atoms with E-state index in [9.17, 15) is 9.59 Å². The first-order valence-electron chi connectivity index (χ1n) is 7.49. The lowest BCUT2D eigenvalue weighted by atomic mass is 10.3. The lowest BCUT2D eigenvalue weighted by Crippen LogP contribution is -2.40. The third-order valence-corrected chi connectivity index (χ3v) is 3.50. The van der Waals surface area contributed by atoms with Crippen LogP contribution in [0.15, 0.2) is 23.3 Å². The van der Waals surface area contributed by atoms with Crippen LogP contribution in [-0.2, 0) is 13.0 Å². The fourth-order valence-electron chi connectivity index (χ4n) is 2.18. The number of rotatable bonds is 6. The molecule has 0 fully saturated rings. The highest BCUT2D eigenvalue weighted by molar-refractivity contribution is 5.73. The number of hydrogen-bond acceptors (Lipinski definition) is 4. The Kier molecular flexibility index (Phi) is 5.51. The Hall–Kier alpha value is -2.64. The second-order valence-electron chi connectivity index (χ2n) is 5.40. The molecule has 0 aliphatic carbocycles. The molecule has 0 saturated carbocycles. The standard InChI is InChI=1S/C15H22N6O2/c1-11-10-14(22)19-13(18-11)4-5-17-15(23)20(3)8-9-21-7-6-16-12(21)2/h6-7,10H,4-5,8-9H2,1-3H3,(H,17,23)(H,18,19,22). The molecule has 124 valence electrons. The normalized spacial score (nSPS) is 10.6. The highest BCUT2D eigenvalue weighted by Gasteiger charge is 2.08. The van der Waals surface area contributed by atoms with E-state index in [1.54, 1.807) is 25.1 Å². The van der Waals surface area contributed by atoms with E-state index >= 15 is 0 Å². The van der Waals surface area contributed by atoms with Gasteiger partial charge in [-0.3, -0.25) is 4.79 Å². The smallest absolute Gasteiger partial charge is 0.317 e. The molecule has 2 aromatic rings. The molecule has 0 spiro atoms. The number of hydrogen-bond donors (Lipinski definition) is 2. The first-order valence-corrected chi connectivity index (χ1v) is 7.49. The summed E-state index contributed by atoms with van der Waals surface area (Å²) < 4.78 is 1.99. The molecule has 2 amide bonds. The third-order valence-electron chi connectivity index (χ3n) is 3.50. The van der Waals surface area contributed by atoms with E-state index in [0.717, 1.165) is 5.82 Å². The van der Waals surface area contributed by atoms with Crippen molar-refractivity contribution in [1.29, 1.82) is 0 Å². The number of imidazole rings is 1. The number of amides is 2. The number of aromatic nitrogens is 4. The molecule has 0 bridgehead atoms. The van der Waals surface area contributed by atoms with Gasteiger partial charge in [0, 0.05) is 57.3 Å². The van der Waals surface area contributed by atoms with Crippen LogP contribution in [-0.4, -0.2) is 50.6 Å². The molecule has 0 atom stereocenters. The number of carbonyl (C=O) groups is 1. The van der Waals surface area contributed by atoms with Gasteiger partial charge in [-0.25, -0.2) is 14.8 Å². The van der Waals surface area contributed by atoms with E-state index < -0.39 is 0 Å². The quantitative estimate of drug-likeness (QED) is 0.809. The van der Waals surface area contributed by atoms with Gasteiger partial charge >= 0.3 is 6.03 Å². The van der Waals surface area contributed by atoms with Crippen molar-refractivity contribution in [3.63, 3.8) is 0 Å². The molecule has 2 rings (SSSR count). The van der Waals surface area contributed by atoms with Gasteiger partial charge in [-0.2, -0.15) is 0 Å². The number of aromatic amines is 1. The zero-order chi connectivity index (χ0) is 16.8. The molecule has 0 aliphatic heterocycles. The van der Waals surface area contributed by atoms with E-state index in [-0.39, 0.29) is 11.6 Å². The molecule has 23 heavy (non-hydrogen) atoms. The summed E-state index contributed by atoms with van der Waals surface area (Å²) in [5.41, 5.74) is 0.495. The largest absolute Gasteiger partial charge is 0.338 e. The Morgan fingerprint density at radius 2 is 2.22 bits per heavy atom. The minimum absolute atomic E-state index is 0.155. The Morgan fingerprint density at radius 1 is 1.43 bits per heavy atom. The van der Waals surface area contributed by atoms with E-state index in [2.05, 4.69) is 20.3 Å². The van der Waals surface area contributed by atoms with E-state index in [4.69, 9.17) is 0 Å². The van der Waals surface area contributed by atoms with Crippen LogP contribution < -0.4 is 10.9 Å². The minimum atomic E-state index is -0.174. The molecule has 8 nitrogen and oxygen atoms in total. The second kappa shape index (κ2) is 7.57. The van der Waals surface area contributed by atoms with Crippen molar-refractivity contribution in [3.8, 4) is 0 Å². The van der Waals surface area contributed by atoms with Gasteiger partial charge in [-0.1, -0.05) is 0 Å². The summed E-state index contributed by atoms with van der Waals surface area (Å²) in [7, 11) is 1.74. The molecule has 0 aliphatic rings. The summed E-state index contributed by atoms with van der Waals surface area (Å²) >= 11 is 0. The van der Waals surface area contributed by atoms with Crippen molar-refractivity contribution in [3.05, 3.63) is 46.2 Å². The molecule has 2 aromatic heterocycles. The number of urea groups is 1. The highest BCUT2D eigenvalue weighted by atomic mass is 16.2. The molecule has 0 aromatic carbocycles. The maximum Gasteiger partial charge on any atom is 0.317 e. The Labute approximate surface area is 134 Å². The van der Waals surface area contributed by atoms with Crippen molar-refractivity contribution in [2.75, 3.05) is 20.1 Å². The average molecular weight is 318 g/mol. The van der Waals surface area contributed by atoms with Gasteiger partial charge in [0.15, 0.2) is 0 Å². The topological polar surface area (TPSA) is 95.9 Å². The van der Waals surface area contributed by atoms with Crippen LogP contribution in [0.5, 0.6) is 0 Å². The molecule has 2 N–H and O–H groups in total. The Balaban J connectivity index is 1.75. The Morgan fingerprint density at radius 3 is 2.87 bits per heavy atom. The summed E-state index contributed by atoms with van der Waals surface area (Å²) in [6, 6.07) is 1.28. The minimum Gasteiger partial charge on any atom is -0.338 e. The van der Waals surface area contributed by atoms with Gasteiger partial charge in [0.25, 0.3) is 5.56 Å². The fraction of sp³-hybridized carbons (Fsp3) is 0.467. The van der Waals surface area contributed by atoms with Crippen LogP contribution in [0.1, 0.15) is 17.3 Å². The molecular weight excluding hydrogens is 296 g/mol. The highest BCUT2D eigenvalue weighted by Crippen LogP contribution is 1.96. The molecule has 0 radical (unpaired) electrons. The first kappa shape index (κ1) is 16.7. The van der Waals surface area contributed by atoms with Crippen LogP contribution in [0, 0.1) is 13.8 Å². The van der Waals surface area contributed by atoms with Crippen molar-refractivity contribution >= 4 is 6.03 Å². The number of nitrogens with zero attached hydrogens (tertiary/aromatic N) is 4. The number of H-pyrrole nitrogens is 1. The van der Waals surface area contributed by atoms with Gasteiger partial charge in [0.2, 0.25) is 0 Å². The summed E-state index contributed by atoms with van der Waals surface area (Å²) in [6.07, 6.45) is 4.11. The van der Waals surface area contributed by atoms with Crippen LogP contribution in [0.4, 0.5) is 4.79 Å². The average Bonchev–Trinajstić information content (AvgIpc) is 2.89. The predicted molar refractivity (Wildman–Crippen MR) is 86.3 cm³/mol. The summed E-state index contributed by atoms with van der Waals surface area (Å²) in [4.78, 5) is 36.0.